The van der Waals surface area contributed by atoms with Gasteiger partial charge in [0.2, 0.25) is 0 Å². The number of hydrogen-bond donors (Lipinski definition) is 1. The number of halogens is 3. The lowest BCUT2D eigenvalue weighted by atomic mass is 10.2. The van der Waals surface area contributed by atoms with Crippen LogP contribution in [0.4, 0.5) is 18.9 Å². The van der Waals surface area contributed by atoms with Gasteiger partial charge in [-0.15, -0.1) is 0 Å². The third-order valence-corrected chi connectivity index (χ3v) is 4.76. The second-order valence-electron chi connectivity index (χ2n) is 7.03. The van der Waals surface area contributed by atoms with Crippen LogP contribution in [-0.4, -0.2) is 15.3 Å². The van der Waals surface area contributed by atoms with Crippen LogP contribution in [0.3, 0.4) is 0 Å². The average Bonchev–Trinajstić information content (AvgIpc) is 3.06. The highest BCUT2D eigenvalue weighted by atomic mass is 19.4. The predicted octanol–water partition coefficient (Wildman–Crippen LogP) is 6.01. The minimum absolute atomic E-state index is 0.279. The number of pyridine rings is 1. The number of hydrogen-bond acceptors (Lipinski definition) is 3. The molecule has 8 heteroatoms. The Hall–Kier alpha value is -3.81. The fraction of sp³-hybridized carbons (Fsp3) is 0.130. The molecule has 0 aliphatic rings. The summed E-state index contributed by atoms with van der Waals surface area (Å²) in [7, 11) is 0. The fourth-order valence-electron chi connectivity index (χ4n) is 3.24. The van der Waals surface area contributed by atoms with Gasteiger partial charge < -0.3 is 10.1 Å². The summed E-state index contributed by atoms with van der Waals surface area (Å²) in [5.74, 6) is 0.410. The van der Waals surface area contributed by atoms with E-state index in [0.29, 0.717) is 22.8 Å². The van der Waals surface area contributed by atoms with Crippen molar-refractivity contribution in [3.05, 3.63) is 89.4 Å². The van der Waals surface area contributed by atoms with Gasteiger partial charge in [-0.2, -0.15) is 13.2 Å². The first-order valence-corrected chi connectivity index (χ1v) is 9.43. The van der Waals surface area contributed by atoms with Crippen LogP contribution in [0.1, 0.15) is 27.3 Å². The Morgan fingerprint density at radius 2 is 1.58 bits per heavy atom. The zero-order valence-electron chi connectivity index (χ0n) is 16.7. The second-order valence-corrected chi connectivity index (χ2v) is 7.03. The van der Waals surface area contributed by atoms with E-state index in [4.69, 9.17) is 4.74 Å². The van der Waals surface area contributed by atoms with Gasteiger partial charge in [0.05, 0.1) is 11.3 Å². The van der Waals surface area contributed by atoms with E-state index >= 15 is 0 Å². The highest BCUT2D eigenvalue weighted by Crippen LogP contribution is 2.31. The summed E-state index contributed by atoms with van der Waals surface area (Å²) < 4.78 is 45.3. The molecule has 2 heterocycles. The maximum absolute atomic E-state index is 12.8. The van der Waals surface area contributed by atoms with Crippen LogP contribution in [0.25, 0.3) is 5.65 Å². The molecule has 31 heavy (non-hydrogen) atoms. The van der Waals surface area contributed by atoms with Crippen LogP contribution >= 0.6 is 0 Å². The van der Waals surface area contributed by atoms with E-state index in [1.807, 2.05) is 19.1 Å². The number of imidazole rings is 1. The number of nitrogens with one attached hydrogen (secondary N) is 1. The lowest BCUT2D eigenvalue weighted by Crippen LogP contribution is -2.15. The molecule has 0 aliphatic carbocycles. The van der Waals surface area contributed by atoms with Gasteiger partial charge in [-0.1, -0.05) is 6.07 Å². The molecule has 0 atom stereocenters. The van der Waals surface area contributed by atoms with Crippen molar-refractivity contribution in [2.24, 2.45) is 0 Å². The maximum atomic E-state index is 12.8. The summed E-state index contributed by atoms with van der Waals surface area (Å²) in [5, 5.41) is 2.83. The van der Waals surface area contributed by atoms with E-state index in [-0.39, 0.29) is 11.7 Å². The van der Waals surface area contributed by atoms with E-state index in [9.17, 15) is 18.0 Å². The molecule has 1 N–H and O–H groups in total. The minimum atomic E-state index is -4.39. The van der Waals surface area contributed by atoms with Crippen LogP contribution in [0.2, 0.25) is 0 Å². The number of alkyl halides is 3. The van der Waals surface area contributed by atoms with Gasteiger partial charge >= 0.3 is 6.18 Å². The van der Waals surface area contributed by atoms with E-state index in [1.165, 1.54) is 12.1 Å². The van der Waals surface area contributed by atoms with Gasteiger partial charge in [-0.3, -0.25) is 9.20 Å². The predicted molar refractivity (Wildman–Crippen MR) is 111 cm³/mol. The number of ether oxygens (including phenoxy) is 1. The third kappa shape index (κ3) is 4.23. The van der Waals surface area contributed by atoms with Gasteiger partial charge in [0, 0.05) is 11.9 Å². The highest BCUT2D eigenvalue weighted by molar-refractivity contribution is 6.04. The zero-order valence-corrected chi connectivity index (χ0v) is 16.7. The van der Waals surface area contributed by atoms with Crippen molar-refractivity contribution < 1.29 is 22.7 Å². The van der Waals surface area contributed by atoms with E-state index in [2.05, 4.69) is 10.3 Å². The summed E-state index contributed by atoms with van der Waals surface area (Å²) in [5.41, 5.74) is 2.57. The number of nitrogens with zero attached hydrogens (tertiary/aromatic N) is 2. The monoisotopic (exact) mass is 425 g/mol. The largest absolute Gasteiger partial charge is 0.457 e. The number of aromatic nitrogens is 2. The molecule has 4 rings (SSSR count). The molecule has 0 radical (unpaired) electrons. The van der Waals surface area contributed by atoms with Crippen LogP contribution in [-0.2, 0) is 6.18 Å². The van der Waals surface area contributed by atoms with Gasteiger partial charge in [-0.25, -0.2) is 4.98 Å². The third-order valence-electron chi connectivity index (χ3n) is 4.76. The van der Waals surface area contributed by atoms with Gasteiger partial charge in [0.15, 0.2) is 0 Å². The molecule has 0 aliphatic heterocycles. The first-order chi connectivity index (χ1) is 14.7. The number of benzene rings is 2. The molecule has 4 aromatic rings. The molecule has 158 valence electrons. The Bertz CT molecular complexity index is 1240. The quantitative estimate of drug-likeness (QED) is 0.435. The van der Waals surface area contributed by atoms with E-state index < -0.39 is 11.7 Å². The molecular formula is C23H18F3N3O2. The number of aryl methyl sites for hydroxylation is 2. The average molecular weight is 425 g/mol. The highest BCUT2D eigenvalue weighted by Gasteiger charge is 2.30. The van der Waals surface area contributed by atoms with Gasteiger partial charge in [-0.05, 0) is 74.0 Å². The summed E-state index contributed by atoms with van der Waals surface area (Å²) in [6.07, 6.45) is -2.60. The Morgan fingerprint density at radius 1 is 0.968 bits per heavy atom. The number of anilines is 1. The van der Waals surface area contributed by atoms with Crippen LogP contribution in [0, 0.1) is 13.8 Å². The molecule has 0 saturated carbocycles. The van der Waals surface area contributed by atoms with Crippen molar-refractivity contribution in [2.45, 2.75) is 20.0 Å². The lowest BCUT2D eigenvalue weighted by Gasteiger charge is -2.10. The normalized spacial score (nSPS) is 11.5. The summed E-state index contributed by atoms with van der Waals surface area (Å²) in [6, 6.07) is 14.8. The topological polar surface area (TPSA) is 55.6 Å². The number of rotatable bonds is 4. The molecule has 0 unspecified atom stereocenters. The van der Waals surface area contributed by atoms with Crippen molar-refractivity contribution in [3.63, 3.8) is 0 Å². The molecule has 0 spiro atoms. The van der Waals surface area contributed by atoms with E-state index in [0.717, 1.165) is 23.3 Å². The van der Waals surface area contributed by atoms with Crippen LogP contribution in [0.5, 0.6) is 11.5 Å². The SMILES string of the molecule is Cc1nc2c(C)cccn2c1C(=O)Nc1ccc(Oc2ccc(C(F)(F)F)cc2)cc1. The lowest BCUT2D eigenvalue weighted by molar-refractivity contribution is -0.137. The Labute approximate surface area is 176 Å². The van der Waals surface area contributed by atoms with Gasteiger partial charge in [0.1, 0.15) is 22.8 Å². The summed E-state index contributed by atoms with van der Waals surface area (Å²) in [6.45, 7) is 3.71. The van der Waals surface area contributed by atoms with Crippen molar-refractivity contribution in [2.75, 3.05) is 5.32 Å². The number of carbonyl (C=O) groups is 1. The van der Waals surface area contributed by atoms with Crippen molar-refractivity contribution in [1.82, 2.24) is 9.38 Å². The van der Waals surface area contributed by atoms with Crippen molar-refractivity contribution in [1.29, 1.82) is 0 Å². The Balaban J connectivity index is 1.47. The molecule has 2 aromatic carbocycles. The standard InChI is InChI=1S/C23H18F3N3O2/c1-14-4-3-13-29-20(15(2)27-21(14)29)22(30)28-17-7-11-19(12-8-17)31-18-9-5-16(6-10-18)23(24,25)26/h3-13H,1-2H3,(H,28,30). The summed E-state index contributed by atoms with van der Waals surface area (Å²) >= 11 is 0. The van der Waals surface area contributed by atoms with Crippen LogP contribution in [0.15, 0.2) is 66.9 Å². The smallest absolute Gasteiger partial charge is 0.416 e. The minimum Gasteiger partial charge on any atom is -0.457 e. The Kier molecular flexibility index (Phi) is 5.14. The second kappa shape index (κ2) is 7.79. The molecule has 5 nitrogen and oxygen atoms in total. The van der Waals surface area contributed by atoms with Gasteiger partial charge in [0.25, 0.3) is 5.91 Å². The fourth-order valence-corrected chi connectivity index (χ4v) is 3.24. The maximum Gasteiger partial charge on any atom is 0.416 e. The van der Waals surface area contributed by atoms with Crippen LogP contribution < -0.4 is 10.1 Å². The molecule has 0 bridgehead atoms. The van der Waals surface area contributed by atoms with E-state index in [1.54, 1.807) is 41.8 Å². The van der Waals surface area contributed by atoms with Crippen molar-refractivity contribution >= 4 is 17.2 Å². The molecular weight excluding hydrogens is 407 g/mol. The first kappa shape index (κ1) is 20.5. The zero-order chi connectivity index (χ0) is 22.2. The molecule has 1 amide bonds. The number of fused-ring (bicyclic) bond motifs is 1. The first-order valence-electron chi connectivity index (χ1n) is 9.43. The number of amides is 1. The Morgan fingerprint density at radius 3 is 2.19 bits per heavy atom. The summed E-state index contributed by atoms with van der Waals surface area (Å²) in [4.78, 5) is 17.3. The molecule has 2 aromatic heterocycles. The number of carbonyl (C=O) groups excluding carboxylic acids is 1. The van der Waals surface area contributed by atoms with Crippen molar-refractivity contribution in [3.8, 4) is 11.5 Å². The molecule has 0 saturated heterocycles. The molecule has 0 fully saturated rings.